The Kier molecular flexibility index (Phi) is 4.22. The molecule has 0 aliphatic heterocycles. The molecule has 3 N–H and O–H groups in total. The van der Waals surface area contributed by atoms with E-state index in [0.29, 0.717) is 5.56 Å². The molecule has 130 valence electrons. The predicted molar refractivity (Wildman–Crippen MR) is 93.7 cm³/mol. The fourth-order valence-corrected chi connectivity index (χ4v) is 2.98. The van der Waals surface area contributed by atoms with Gasteiger partial charge in [-0.3, -0.25) is 4.79 Å². The van der Waals surface area contributed by atoms with Crippen LogP contribution in [0.2, 0.25) is 0 Å². The van der Waals surface area contributed by atoms with Gasteiger partial charge in [0.2, 0.25) is 11.2 Å². The summed E-state index contributed by atoms with van der Waals surface area (Å²) in [5, 5.41) is 29.5. The third-order valence-corrected chi connectivity index (χ3v) is 4.37. The van der Waals surface area contributed by atoms with Crippen LogP contribution in [0.25, 0.3) is 22.3 Å². The molecular weight excluding hydrogens is 396 g/mol. The van der Waals surface area contributed by atoms with Crippen molar-refractivity contribution < 1.29 is 29.2 Å². The fourth-order valence-electron chi connectivity index (χ4n) is 2.47. The number of phenolic OH excluding ortho intramolecular Hbond substituents is 3. The van der Waals surface area contributed by atoms with E-state index in [1.54, 1.807) is 0 Å². The Morgan fingerprint density at radius 3 is 2.16 bits per heavy atom. The van der Waals surface area contributed by atoms with E-state index >= 15 is 0 Å². The molecular formula is C17H13BrO7. The lowest BCUT2D eigenvalue weighted by atomic mass is 10.1. The van der Waals surface area contributed by atoms with Crippen LogP contribution in [-0.2, 0) is 0 Å². The Hall–Kier alpha value is -2.87. The molecule has 0 saturated carbocycles. The van der Waals surface area contributed by atoms with Crippen molar-refractivity contribution in [3.8, 4) is 40.1 Å². The number of phenols is 3. The van der Waals surface area contributed by atoms with Gasteiger partial charge in [0.25, 0.3) is 0 Å². The first kappa shape index (κ1) is 17.0. The van der Waals surface area contributed by atoms with Crippen LogP contribution in [0.4, 0.5) is 0 Å². The zero-order valence-corrected chi connectivity index (χ0v) is 14.7. The second-order valence-electron chi connectivity index (χ2n) is 5.14. The molecule has 0 aliphatic carbocycles. The molecule has 25 heavy (non-hydrogen) atoms. The molecule has 0 amide bonds. The van der Waals surface area contributed by atoms with E-state index in [1.807, 2.05) is 0 Å². The quantitative estimate of drug-likeness (QED) is 0.609. The normalized spacial score (nSPS) is 10.8. The third kappa shape index (κ3) is 2.74. The first-order valence-corrected chi connectivity index (χ1v) is 7.80. The zero-order chi connectivity index (χ0) is 18.3. The van der Waals surface area contributed by atoms with Crippen molar-refractivity contribution in [2.45, 2.75) is 0 Å². The highest BCUT2D eigenvalue weighted by atomic mass is 79.9. The number of halogens is 1. The van der Waals surface area contributed by atoms with Crippen molar-refractivity contribution in [3.63, 3.8) is 0 Å². The highest BCUT2D eigenvalue weighted by Crippen LogP contribution is 2.42. The lowest BCUT2D eigenvalue weighted by Gasteiger charge is -2.12. The topological polar surface area (TPSA) is 109 Å². The van der Waals surface area contributed by atoms with Gasteiger partial charge in [-0.2, -0.15) is 0 Å². The molecule has 0 bridgehead atoms. The molecule has 7 nitrogen and oxygen atoms in total. The Morgan fingerprint density at radius 1 is 1.00 bits per heavy atom. The van der Waals surface area contributed by atoms with Crippen molar-refractivity contribution in [1.82, 2.24) is 0 Å². The van der Waals surface area contributed by atoms with Crippen molar-refractivity contribution in [2.24, 2.45) is 0 Å². The van der Waals surface area contributed by atoms with Crippen LogP contribution in [-0.4, -0.2) is 29.5 Å². The van der Waals surface area contributed by atoms with Gasteiger partial charge in [0.15, 0.2) is 17.3 Å². The smallest absolute Gasteiger partial charge is 0.211 e. The average molecular weight is 409 g/mol. The van der Waals surface area contributed by atoms with Crippen LogP contribution in [0, 0.1) is 0 Å². The van der Waals surface area contributed by atoms with Gasteiger partial charge in [0.1, 0.15) is 26.9 Å². The SMILES string of the molecule is COc1cc(-c2oc3cc(O)cc(O)c3c(=O)c2Br)cc(OC)c1O. The molecule has 1 aromatic heterocycles. The molecule has 0 saturated heterocycles. The summed E-state index contributed by atoms with van der Waals surface area (Å²) in [4.78, 5) is 12.6. The minimum absolute atomic E-state index is 0.00621. The molecule has 0 unspecified atom stereocenters. The molecule has 0 aliphatic rings. The van der Waals surface area contributed by atoms with Gasteiger partial charge in [-0.05, 0) is 28.1 Å². The lowest BCUT2D eigenvalue weighted by molar-refractivity contribution is 0.340. The van der Waals surface area contributed by atoms with E-state index in [2.05, 4.69) is 15.9 Å². The van der Waals surface area contributed by atoms with E-state index in [1.165, 1.54) is 32.4 Å². The van der Waals surface area contributed by atoms with Crippen LogP contribution >= 0.6 is 15.9 Å². The monoisotopic (exact) mass is 408 g/mol. The molecule has 8 heteroatoms. The van der Waals surface area contributed by atoms with Gasteiger partial charge in [-0.1, -0.05) is 0 Å². The second-order valence-corrected chi connectivity index (χ2v) is 5.93. The summed E-state index contributed by atoms with van der Waals surface area (Å²) in [5.74, 6) is -0.452. The summed E-state index contributed by atoms with van der Waals surface area (Å²) in [5.41, 5.74) is -0.119. The first-order valence-electron chi connectivity index (χ1n) is 7.01. The Labute approximate surface area is 149 Å². The average Bonchev–Trinajstić information content (AvgIpc) is 2.57. The minimum Gasteiger partial charge on any atom is -0.508 e. The fraction of sp³-hybridized carbons (Fsp3) is 0.118. The Morgan fingerprint density at radius 2 is 1.60 bits per heavy atom. The van der Waals surface area contributed by atoms with Crippen LogP contribution in [0.1, 0.15) is 0 Å². The highest BCUT2D eigenvalue weighted by Gasteiger charge is 2.20. The summed E-state index contributed by atoms with van der Waals surface area (Å²) >= 11 is 3.18. The molecule has 2 aromatic carbocycles. The maximum absolute atomic E-state index is 12.6. The number of methoxy groups -OCH3 is 2. The zero-order valence-electron chi connectivity index (χ0n) is 13.2. The van der Waals surface area contributed by atoms with Gasteiger partial charge in [-0.15, -0.1) is 0 Å². The summed E-state index contributed by atoms with van der Waals surface area (Å²) in [6.45, 7) is 0. The number of rotatable bonds is 3. The van der Waals surface area contributed by atoms with E-state index in [4.69, 9.17) is 13.9 Å². The number of aromatic hydroxyl groups is 3. The van der Waals surface area contributed by atoms with E-state index in [0.717, 1.165) is 6.07 Å². The standard InChI is InChI=1S/C17H13BrO7/c1-23-11-3-7(4-12(24-2)15(11)21)17-14(18)16(22)13-9(20)5-8(19)6-10(13)25-17/h3-6,19-21H,1-2H3. The number of ether oxygens (including phenoxy) is 2. The molecule has 1 heterocycles. The number of hydrogen-bond donors (Lipinski definition) is 3. The Balaban J connectivity index is 2.37. The molecule has 0 atom stereocenters. The first-order chi connectivity index (χ1) is 11.9. The molecule has 0 spiro atoms. The number of benzene rings is 2. The van der Waals surface area contributed by atoms with Gasteiger partial charge < -0.3 is 29.2 Å². The van der Waals surface area contributed by atoms with Crippen LogP contribution < -0.4 is 14.9 Å². The van der Waals surface area contributed by atoms with E-state index in [9.17, 15) is 20.1 Å². The summed E-state index contributed by atoms with van der Waals surface area (Å²) in [6.07, 6.45) is 0. The van der Waals surface area contributed by atoms with Gasteiger partial charge in [0, 0.05) is 17.7 Å². The van der Waals surface area contributed by atoms with Crippen LogP contribution in [0.15, 0.2) is 37.9 Å². The second kappa shape index (κ2) is 6.21. The summed E-state index contributed by atoms with van der Waals surface area (Å²) in [6, 6.07) is 5.21. The van der Waals surface area contributed by atoms with Gasteiger partial charge in [-0.25, -0.2) is 0 Å². The van der Waals surface area contributed by atoms with Crippen molar-refractivity contribution >= 4 is 26.9 Å². The predicted octanol–water partition coefficient (Wildman–Crippen LogP) is 3.36. The van der Waals surface area contributed by atoms with Crippen LogP contribution in [0.3, 0.4) is 0 Å². The van der Waals surface area contributed by atoms with E-state index in [-0.39, 0.29) is 44.2 Å². The van der Waals surface area contributed by atoms with Gasteiger partial charge in [0.05, 0.1) is 14.2 Å². The number of hydrogen-bond acceptors (Lipinski definition) is 7. The molecule has 0 fully saturated rings. The minimum atomic E-state index is -0.514. The summed E-state index contributed by atoms with van der Waals surface area (Å²) < 4.78 is 16.0. The van der Waals surface area contributed by atoms with Crippen LogP contribution in [0.5, 0.6) is 28.7 Å². The molecule has 0 radical (unpaired) electrons. The maximum Gasteiger partial charge on any atom is 0.211 e. The molecule has 3 aromatic rings. The molecule has 3 rings (SSSR count). The van der Waals surface area contributed by atoms with Crippen molar-refractivity contribution in [1.29, 1.82) is 0 Å². The Bertz CT molecular complexity index is 1010. The third-order valence-electron chi connectivity index (χ3n) is 3.65. The van der Waals surface area contributed by atoms with Crippen molar-refractivity contribution in [2.75, 3.05) is 14.2 Å². The summed E-state index contributed by atoms with van der Waals surface area (Å²) in [7, 11) is 2.75. The van der Waals surface area contributed by atoms with Gasteiger partial charge >= 0.3 is 0 Å². The maximum atomic E-state index is 12.6. The number of fused-ring (bicyclic) bond motifs is 1. The highest BCUT2D eigenvalue weighted by molar-refractivity contribution is 9.10. The largest absolute Gasteiger partial charge is 0.508 e. The van der Waals surface area contributed by atoms with E-state index < -0.39 is 11.2 Å². The van der Waals surface area contributed by atoms with Crippen molar-refractivity contribution in [3.05, 3.63) is 39.0 Å². The lowest BCUT2D eigenvalue weighted by Crippen LogP contribution is -2.04.